The predicted octanol–water partition coefficient (Wildman–Crippen LogP) is 7.94. The van der Waals surface area contributed by atoms with E-state index < -0.39 is 7.75 Å². The maximum absolute atomic E-state index is 13.2. The number of nitrogens with zero attached hydrogens (tertiary/aromatic N) is 2. The molecule has 1 unspecified atom stereocenters. The highest BCUT2D eigenvalue weighted by Gasteiger charge is 2.33. The molecule has 4 aromatic rings. The summed E-state index contributed by atoms with van der Waals surface area (Å²) in [5, 5.41) is 13.3. The van der Waals surface area contributed by atoms with Crippen LogP contribution >= 0.6 is 42.0 Å². The third kappa shape index (κ3) is 5.47. The van der Waals surface area contributed by atoms with Crippen molar-refractivity contribution >= 4 is 63.5 Å². The number of hydrogen-bond donors (Lipinski definition) is 1. The van der Waals surface area contributed by atoms with Gasteiger partial charge in [0.05, 0.1) is 24.2 Å². The first kappa shape index (κ1) is 26.3. The summed E-state index contributed by atoms with van der Waals surface area (Å²) in [6, 6.07) is 19.8. The Morgan fingerprint density at radius 1 is 1.11 bits per heavy atom. The number of rotatable bonds is 8. The van der Waals surface area contributed by atoms with Crippen molar-refractivity contribution in [3.8, 4) is 0 Å². The molecular formula is C27H26ClN2O4PS2. The molecule has 192 valence electrons. The van der Waals surface area contributed by atoms with Gasteiger partial charge in [-0.05, 0) is 34.2 Å². The lowest BCUT2D eigenvalue weighted by Gasteiger charge is -2.37. The van der Waals surface area contributed by atoms with Gasteiger partial charge in [-0.25, -0.2) is 4.57 Å². The molecule has 2 aromatic carbocycles. The molecule has 1 N–H and O–H groups in total. The van der Waals surface area contributed by atoms with Crippen LogP contribution in [0.3, 0.4) is 0 Å². The van der Waals surface area contributed by atoms with E-state index in [1.165, 1.54) is 14.2 Å². The molecule has 0 spiro atoms. The minimum absolute atomic E-state index is 0.0155. The van der Waals surface area contributed by atoms with E-state index in [-0.39, 0.29) is 12.6 Å². The normalized spacial score (nSPS) is 17.5. The van der Waals surface area contributed by atoms with Crippen molar-refractivity contribution in [1.29, 1.82) is 0 Å². The Hall–Kier alpha value is -2.29. The summed E-state index contributed by atoms with van der Waals surface area (Å²) >= 11 is 10.1. The van der Waals surface area contributed by atoms with E-state index in [1.54, 1.807) is 22.7 Å². The van der Waals surface area contributed by atoms with Gasteiger partial charge >= 0.3 is 7.75 Å². The highest BCUT2D eigenvalue weighted by Crippen LogP contribution is 2.50. The van der Waals surface area contributed by atoms with Gasteiger partial charge in [-0.1, -0.05) is 66.2 Å². The summed E-state index contributed by atoms with van der Waals surface area (Å²) in [5.41, 5.74) is 2.89. The summed E-state index contributed by atoms with van der Waals surface area (Å²) < 4.78 is 29.3. The molecule has 10 heteroatoms. The Bertz CT molecular complexity index is 1490. The Labute approximate surface area is 229 Å². The number of aliphatic hydroxyl groups is 1. The molecule has 1 aliphatic heterocycles. The Kier molecular flexibility index (Phi) is 7.98. The van der Waals surface area contributed by atoms with Crippen LogP contribution in [0.15, 0.2) is 76.9 Å². The molecule has 2 aromatic heterocycles. The van der Waals surface area contributed by atoms with Crippen LogP contribution in [0.5, 0.6) is 0 Å². The molecule has 6 nitrogen and oxygen atoms in total. The van der Waals surface area contributed by atoms with Crippen molar-refractivity contribution < 1.29 is 18.7 Å². The maximum Gasteiger partial charge on any atom is 0.454 e. The van der Waals surface area contributed by atoms with Crippen LogP contribution in [-0.4, -0.2) is 30.1 Å². The van der Waals surface area contributed by atoms with Gasteiger partial charge in [0, 0.05) is 40.5 Å². The highest BCUT2D eigenvalue weighted by molar-refractivity contribution is 7.52. The second kappa shape index (κ2) is 11.2. The molecule has 1 aliphatic rings. The number of halogens is 1. The first-order valence-electron chi connectivity index (χ1n) is 11.6. The van der Waals surface area contributed by atoms with Crippen molar-refractivity contribution in [2.24, 2.45) is 4.76 Å². The Morgan fingerprint density at radius 3 is 2.51 bits per heavy atom. The zero-order valence-corrected chi connectivity index (χ0v) is 23.6. The van der Waals surface area contributed by atoms with E-state index in [1.807, 2.05) is 53.9 Å². The molecule has 0 saturated carbocycles. The molecule has 5 rings (SSSR count). The fraction of sp³-hybridized carbons (Fsp3) is 0.222. The number of hydrogen-bond acceptors (Lipinski definition) is 6. The van der Waals surface area contributed by atoms with Gasteiger partial charge in [-0.15, -0.1) is 22.7 Å². The van der Waals surface area contributed by atoms with Gasteiger partial charge in [0.2, 0.25) is 0 Å². The average molecular weight is 573 g/mol. The lowest BCUT2D eigenvalue weighted by Crippen LogP contribution is -2.36. The fourth-order valence-electron chi connectivity index (χ4n) is 4.39. The van der Waals surface area contributed by atoms with Crippen molar-refractivity contribution in [1.82, 2.24) is 4.90 Å². The van der Waals surface area contributed by atoms with E-state index in [0.29, 0.717) is 18.8 Å². The lowest BCUT2D eigenvalue weighted by atomic mass is 9.93. The average Bonchev–Trinajstić information content (AvgIpc) is 3.58. The summed E-state index contributed by atoms with van der Waals surface area (Å²) in [6.45, 7) is 0.471. The quantitative estimate of drug-likeness (QED) is 0.217. The van der Waals surface area contributed by atoms with Crippen LogP contribution in [0.1, 0.15) is 33.3 Å². The first-order chi connectivity index (χ1) is 17.9. The van der Waals surface area contributed by atoms with Crippen molar-refractivity contribution in [2.45, 2.75) is 25.6 Å². The van der Waals surface area contributed by atoms with Crippen LogP contribution in [0, 0.1) is 0 Å². The maximum atomic E-state index is 13.2. The molecule has 0 amide bonds. The van der Waals surface area contributed by atoms with Gasteiger partial charge in [0.15, 0.2) is 0 Å². The van der Waals surface area contributed by atoms with E-state index in [0.717, 1.165) is 41.6 Å². The van der Waals surface area contributed by atoms with Crippen LogP contribution < -0.4 is 0 Å². The lowest BCUT2D eigenvalue weighted by molar-refractivity contribution is 0.275. The predicted molar refractivity (Wildman–Crippen MR) is 153 cm³/mol. The highest BCUT2D eigenvalue weighted by atomic mass is 35.5. The number of aliphatic hydroxyl groups excluding tert-OH is 1. The Balaban J connectivity index is 1.65. The van der Waals surface area contributed by atoms with E-state index in [2.05, 4.69) is 27.9 Å². The standard InChI is InChI=1S/C27H26ClN2O4PS2/c1-33-35(32,34-2)29-26-15-20(19-11-9-18(17-31)10-12-19)14-22(24-8-5-13-36-24)30(26)16-25-27(28)21-6-3-4-7-23(21)37-25/h3-14,22,31H,15-17H2,1-2H3/b29-26-. The Morgan fingerprint density at radius 2 is 1.86 bits per heavy atom. The molecule has 1 atom stereocenters. The second-order valence-electron chi connectivity index (χ2n) is 8.50. The van der Waals surface area contributed by atoms with Crippen LogP contribution in [0.4, 0.5) is 0 Å². The fourth-order valence-corrected chi connectivity index (χ4v) is 7.47. The van der Waals surface area contributed by atoms with E-state index in [9.17, 15) is 9.67 Å². The molecule has 0 aliphatic carbocycles. The number of amidine groups is 1. The van der Waals surface area contributed by atoms with Gasteiger partial charge in [0.25, 0.3) is 0 Å². The van der Waals surface area contributed by atoms with Crippen LogP contribution in [0.2, 0.25) is 5.02 Å². The zero-order valence-electron chi connectivity index (χ0n) is 20.3. The molecule has 0 radical (unpaired) electrons. The van der Waals surface area contributed by atoms with Crippen LogP contribution in [0.25, 0.3) is 15.7 Å². The van der Waals surface area contributed by atoms with Gasteiger partial charge in [-0.3, -0.25) is 9.05 Å². The van der Waals surface area contributed by atoms with Gasteiger partial charge < -0.3 is 10.0 Å². The SMILES string of the molecule is COP(=O)(/N=C1/CC(c2ccc(CO)cc2)=CC(c2cccs2)N1Cc1sc2ccccc2c1Cl)OC. The van der Waals surface area contributed by atoms with Crippen molar-refractivity contribution in [2.75, 3.05) is 14.2 Å². The third-order valence-corrected chi connectivity index (χ3v) is 10.4. The molecule has 3 heterocycles. The summed E-state index contributed by atoms with van der Waals surface area (Å²) in [7, 11) is -1.03. The number of fused-ring (bicyclic) bond motifs is 1. The molecule has 0 bridgehead atoms. The smallest absolute Gasteiger partial charge is 0.392 e. The molecule has 0 saturated heterocycles. The van der Waals surface area contributed by atoms with E-state index in [4.69, 9.17) is 20.6 Å². The molecular weight excluding hydrogens is 547 g/mol. The topological polar surface area (TPSA) is 71.4 Å². The summed E-state index contributed by atoms with van der Waals surface area (Å²) in [5.74, 6) is 0.600. The van der Waals surface area contributed by atoms with Crippen molar-refractivity contribution in [3.63, 3.8) is 0 Å². The van der Waals surface area contributed by atoms with Gasteiger partial charge in [-0.2, -0.15) is 4.76 Å². The molecule has 37 heavy (non-hydrogen) atoms. The minimum Gasteiger partial charge on any atom is -0.392 e. The zero-order chi connectivity index (χ0) is 26.0. The van der Waals surface area contributed by atoms with E-state index >= 15 is 0 Å². The minimum atomic E-state index is -3.71. The molecule has 0 fully saturated rings. The summed E-state index contributed by atoms with van der Waals surface area (Å²) in [6.07, 6.45) is 2.66. The first-order valence-corrected chi connectivity index (χ1v) is 15.2. The van der Waals surface area contributed by atoms with Gasteiger partial charge in [0.1, 0.15) is 5.84 Å². The monoisotopic (exact) mass is 572 g/mol. The number of thiophene rings is 2. The largest absolute Gasteiger partial charge is 0.454 e. The summed E-state index contributed by atoms with van der Waals surface area (Å²) in [4.78, 5) is 4.27. The van der Waals surface area contributed by atoms with Crippen molar-refractivity contribution in [3.05, 3.63) is 98.0 Å². The number of benzene rings is 2. The van der Waals surface area contributed by atoms with Crippen LogP contribution in [-0.2, 0) is 26.8 Å². The third-order valence-electron chi connectivity index (χ3n) is 6.33. The second-order valence-corrected chi connectivity index (χ2v) is 12.9.